The molecule has 94 valence electrons. The molecule has 4 heteroatoms. The van der Waals surface area contributed by atoms with E-state index in [-0.39, 0.29) is 24.5 Å². The molecule has 1 aliphatic rings. The molecule has 1 saturated carbocycles. The second kappa shape index (κ2) is 5.65. The van der Waals surface area contributed by atoms with E-state index >= 15 is 0 Å². The van der Waals surface area contributed by atoms with Crippen molar-refractivity contribution in [2.75, 3.05) is 6.61 Å². The van der Waals surface area contributed by atoms with Crippen LogP contribution in [0.3, 0.4) is 0 Å². The highest BCUT2D eigenvalue weighted by atomic mass is 32.1. The molecule has 0 bridgehead atoms. The van der Waals surface area contributed by atoms with Gasteiger partial charge in [0.05, 0.1) is 12.6 Å². The summed E-state index contributed by atoms with van der Waals surface area (Å²) in [6.07, 6.45) is 2.83. The monoisotopic (exact) mass is 253 g/mol. The Hall–Kier alpha value is -0.870. The van der Waals surface area contributed by atoms with E-state index in [1.807, 2.05) is 23.3 Å². The second-order valence-corrected chi connectivity index (χ2v) is 5.40. The number of thiophene rings is 1. The number of amides is 1. The van der Waals surface area contributed by atoms with Crippen molar-refractivity contribution in [2.45, 2.75) is 38.8 Å². The van der Waals surface area contributed by atoms with Crippen molar-refractivity contribution in [1.29, 1.82) is 0 Å². The van der Waals surface area contributed by atoms with E-state index in [1.165, 1.54) is 0 Å². The number of carbonyl (C=O) groups excluding carboxylic acids is 1. The lowest BCUT2D eigenvalue weighted by molar-refractivity contribution is -0.136. The van der Waals surface area contributed by atoms with Crippen molar-refractivity contribution >= 4 is 17.2 Å². The van der Waals surface area contributed by atoms with Gasteiger partial charge in [-0.3, -0.25) is 4.79 Å². The van der Waals surface area contributed by atoms with Crippen LogP contribution in [0.2, 0.25) is 0 Å². The van der Waals surface area contributed by atoms with Crippen molar-refractivity contribution in [3.05, 3.63) is 22.4 Å². The minimum atomic E-state index is -0.0389. The molecule has 0 spiro atoms. The van der Waals surface area contributed by atoms with E-state index < -0.39 is 0 Å². The molecule has 0 aromatic carbocycles. The summed E-state index contributed by atoms with van der Waals surface area (Å²) >= 11 is 1.64. The third-order valence-corrected chi connectivity index (χ3v) is 4.00. The van der Waals surface area contributed by atoms with E-state index in [2.05, 4.69) is 5.38 Å². The molecule has 1 heterocycles. The number of rotatable bonds is 6. The van der Waals surface area contributed by atoms with Gasteiger partial charge in [0.1, 0.15) is 0 Å². The first-order valence-corrected chi connectivity index (χ1v) is 7.13. The van der Waals surface area contributed by atoms with Gasteiger partial charge in [0.25, 0.3) is 0 Å². The van der Waals surface area contributed by atoms with Crippen LogP contribution in [-0.4, -0.2) is 28.6 Å². The molecular weight excluding hydrogens is 234 g/mol. The number of carbonyl (C=O) groups is 1. The predicted octanol–water partition coefficient (Wildman–Crippen LogP) is 2.26. The molecule has 1 aliphatic carbocycles. The van der Waals surface area contributed by atoms with Gasteiger partial charge in [0.15, 0.2) is 0 Å². The van der Waals surface area contributed by atoms with Crippen molar-refractivity contribution in [1.82, 2.24) is 4.90 Å². The number of nitrogens with zero attached hydrogens (tertiary/aromatic N) is 1. The Bertz CT molecular complexity index is 356. The lowest BCUT2D eigenvalue weighted by Gasteiger charge is -2.30. The van der Waals surface area contributed by atoms with E-state index in [0.29, 0.717) is 6.54 Å². The number of hydrogen-bond acceptors (Lipinski definition) is 3. The molecule has 1 aromatic rings. The van der Waals surface area contributed by atoms with Crippen LogP contribution >= 0.6 is 11.3 Å². The van der Waals surface area contributed by atoms with Crippen LogP contribution in [0, 0.1) is 5.92 Å². The molecule has 0 saturated heterocycles. The zero-order chi connectivity index (χ0) is 12.3. The lowest BCUT2D eigenvalue weighted by atomic mass is 10.1. The van der Waals surface area contributed by atoms with E-state index in [0.717, 1.165) is 24.8 Å². The summed E-state index contributed by atoms with van der Waals surface area (Å²) in [5.41, 5.74) is 1.16. The van der Waals surface area contributed by atoms with Gasteiger partial charge in [0, 0.05) is 12.5 Å². The first kappa shape index (κ1) is 12.6. The molecule has 3 nitrogen and oxygen atoms in total. The van der Waals surface area contributed by atoms with Crippen molar-refractivity contribution < 1.29 is 9.90 Å². The Morgan fingerprint density at radius 2 is 2.41 bits per heavy atom. The average molecular weight is 253 g/mol. The van der Waals surface area contributed by atoms with Crippen LogP contribution in [0.4, 0.5) is 0 Å². The average Bonchev–Trinajstić information content (AvgIpc) is 3.07. The summed E-state index contributed by atoms with van der Waals surface area (Å²) in [4.78, 5) is 14.1. The minimum absolute atomic E-state index is 0.0389. The first-order valence-electron chi connectivity index (χ1n) is 6.18. The maximum Gasteiger partial charge on any atom is 0.226 e. The molecular formula is C13H19NO2S. The molecule has 1 atom stereocenters. The Morgan fingerprint density at radius 3 is 2.88 bits per heavy atom. The van der Waals surface area contributed by atoms with Gasteiger partial charge in [-0.15, -0.1) is 0 Å². The summed E-state index contributed by atoms with van der Waals surface area (Å²) < 4.78 is 0. The maximum atomic E-state index is 12.2. The molecule has 1 aromatic heterocycles. The fourth-order valence-corrected chi connectivity index (χ4v) is 2.64. The zero-order valence-corrected chi connectivity index (χ0v) is 10.9. The fourth-order valence-electron chi connectivity index (χ4n) is 1.98. The third-order valence-electron chi connectivity index (χ3n) is 3.27. The van der Waals surface area contributed by atoms with Crippen molar-refractivity contribution in [3.8, 4) is 0 Å². The first-order chi connectivity index (χ1) is 8.26. The van der Waals surface area contributed by atoms with Crippen LogP contribution in [-0.2, 0) is 11.3 Å². The summed E-state index contributed by atoms with van der Waals surface area (Å²) in [7, 11) is 0. The van der Waals surface area contributed by atoms with Gasteiger partial charge in [-0.25, -0.2) is 0 Å². The largest absolute Gasteiger partial charge is 0.394 e. The summed E-state index contributed by atoms with van der Waals surface area (Å²) in [5, 5.41) is 13.5. The lowest BCUT2D eigenvalue weighted by Crippen LogP contribution is -2.42. The summed E-state index contributed by atoms with van der Waals surface area (Å²) in [5.74, 6) is 0.436. The highest BCUT2D eigenvalue weighted by Gasteiger charge is 2.35. The smallest absolute Gasteiger partial charge is 0.226 e. The molecule has 1 N–H and O–H groups in total. The van der Waals surface area contributed by atoms with Crippen LogP contribution in [0.25, 0.3) is 0 Å². The number of aliphatic hydroxyl groups is 1. The molecule has 1 amide bonds. The second-order valence-electron chi connectivity index (χ2n) is 4.62. The number of aliphatic hydroxyl groups excluding tert-OH is 1. The Kier molecular flexibility index (Phi) is 4.18. The van der Waals surface area contributed by atoms with Gasteiger partial charge >= 0.3 is 0 Å². The Balaban J connectivity index is 2.08. The van der Waals surface area contributed by atoms with Crippen molar-refractivity contribution in [3.63, 3.8) is 0 Å². The van der Waals surface area contributed by atoms with E-state index in [9.17, 15) is 9.90 Å². The van der Waals surface area contributed by atoms with Crippen molar-refractivity contribution in [2.24, 2.45) is 5.92 Å². The topological polar surface area (TPSA) is 40.5 Å². The van der Waals surface area contributed by atoms with Gasteiger partial charge in [-0.05, 0) is 41.7 Å². The Morgan fingerprint density at radius 1 is 1.65 bits per heavy atom. The maximum absolute atomic E-state index is 12.2. The number of hydrogen-bond donors (Lipinski definition) is 1. The molecule has 1 fully saturated rings. The van der Waals surface area contributed by atoms with Crippen LogP contribution in [0.1, 0.15) is 31.7 Å². The molecule has 0 unspecified atom stereocenters. The Labute approximate surface area is 106 Å². The predicted molar refractivity (Wildman–Crippen MR) is 68.8 cm³/mol. The highest BCUT2D eigenvalue weighted by molar-refractivity contribution is 7.07. The van der Waals surface area contributed by atoms with E-state index in [4.69, 9.17) is 0 Å². The standard InChI is InChI=1S/C13H19NO2S/c1-2-12(8-15)14(13(16)11-3-4-11)7-10-5-6-17-9-10/h5-6,9,11-12,15H,2-4,7-8H2,1H3/t12-/m0/s1. The minimum Gasteiger partial charge on any atom is -0.394 e. The quantitative estimate of drug-likeness (QED) is 0.845. The normalized spacial score (nSPS) is 16.8. The molecule has 17 heavy (non-hydrogen) atoms. The van der Waals surface area contributed by atoms with Crippen LogP contribution < -0.4 is 0 Å². The molecule has 0 aliphatic heterocycles. The zero-order valence-electron chi connectivity index (χ0n) is 10.1. The SMILES string of the molecule is CC[C@@H](CO)N(Cc1ccsc1)C(=O)C1CC1. The summed E-state index contributed by atoms with van der Waals surface area (Å²) in [6, 6.07) is 2.00. The third kappa shape index (κ3) is 3.07. The molecule has 0 radical (unpaired) electrons. The van der Waals surface area contributed by atoms with Crippen LogP contribution in [0.5, 0.6) is 0 Å². The van der Waals surface area contributed by atoms with Gasteiger partial charge in [-0.2, -0.15) is 11.3 Å². The van der Waals surface area contributed by atoms with E-state index in [1.54, 1.807) is 11.3 Å². The summed E-state index contributed by atoms with van der Waals surface area (Å²) in [6.45, 7) is 2.71. The van der Waals surface area contributed by atoms with Gasteiger partial charge < -0.3 is 10.0 Å². The van der Waals surface area contributed by atoms with Gasteiger partial charge in [0.2, 0.25) is 5.91 Å². The van der Waals surface area contributed by atoms with Crippen LogP contribution in [0.15, 0.2) is 16.8 Å². The van der Waals surface area contributed by atoms with Gasteiger partial charge in [-0.1, -0.05) is 6.92 Å². The fraction of sp³-hybridized carbons (Fsp3) is 0.615. The highest BCUT2D eigenvalue weighted by Crippen LogP contribution is 2.32. The molecule has 2 rings (SSSR count).